The van der Waals surface area contributed by atoms with Crippen molar-refractivity contribution in [3.63, 3.8) is 0 Å². The number of ether oxygens (including phenoxy) is 1. The molecule has 0 radical (unpaired) electrons. The van der Waals surface area contributed by atoms with Crippen LogP contribution in [-0.4, -0.2) is 54.4 Å². The second-order valence-electron chi connectivity index (χ2n) is 7.15. The van der Waals surface area contributed by atoms with Crippen LogP contribution in [0.2, 0.25) is 0 Å². The van der Waals surface area contributed by atoms with Crippen LogP contribution in [0.1, 0.15) is 41.3 Å². The molecule has 1 aromatic carbocycles. The molecule has 1 aliphatic heterocycles. The van der Waals surface area contributed by atoms with Crippen molar-refractivity contribution >= 4 is 11.8 Å². The topological polar surface area (TPSA) is 63.0 Å². The highest BCUT2D eigenvalue weighted by Crippen LogP contribution is 2.23. The SMILES string of the molecule is Cc1cc(OCC(=O)N2CCN(C(=O)c3ccoc3)CC2)ccc1C(C)C. The fourth-order valence-electron chi connectivity index (χ4n) is 3.35. The number of hydrogen-bond donors (Lipinski definition) is 0. The summed E-state index contributed by atoms with van der Waals surface area (Å²) in [6, 6.07) is 7.60. The second kappa shape index (κ2) is 8.29. The van der Waals surface area contributed by atoms with Gasteiger partial charge in [-0.1, -0.05) is 19.9 Å². The largest absolute Gasteiger partial charge is 0.484 e. The Kier molecular flexibility index (Phi) is 5.84. The minimum absolute atomic E-state index is 0.0101. The highest BCUT2D eigenvalue weighted by molar-refractivity contribution is 5.94. The molecule has 0 N–H and O–H groups in total. The van der Waals surface area contributed by atoms with Crippen LogP contribution in [0.25, 0.3) is 0 Å². The molecule has 1 aromatic heterocycles. The second-order valence-corrected chi connectivity index (χ2v) is 7.15. The number of hydrogen-bond acceptors (Lipinski definition) is 4. The quantitative estimate of drug-likeness (QED) is 0.811. The lowest BCUT2D eigenvalue weighted by Gasteiger charge is -2.34. The molecule has 2 aromatic rings. The van der Waals surface area contributed by atoms with E-state index in [0.717, 1.165) is 0 Å². The molecule has 0 spiro atoms. The Labute approximate surface area is 159 Å². The van der Waals surface area contributed by atoms with Crippen LogP contribution < -0.4 is 4.74 Å². The normalized spacial score (nSPS) is 14.5. The zero-order valence-electron chi connectivity index (χ0n) is 16.1. The van der Waals surface area contributed by atoms with Gasteiger partial charge in [-0.2, -0.15) is 0 Å². The molecule has 1 aliphatic rings. The van der Waals surface area contributed by atoms with Gasteiger partial charge in [0, 0.05) is 26.2 Å². The predicted molar refractivity (Wildman–Crippen MR) is 102 cm³/mol. The predicted octanol–water partition coefficient (Wildman–Crippen LogP) is 3.07. The third-order valence-electron chi connectivity index (χ3n) is 4.91. The average molecular weight is 370 g/mol. The smallest absolute Gasteiger partial charge is 0.260 e. The van der Waals surface area contributed by atoms with E-state index in [-0.39, 0.29) is 18.4 Å². The van der Waals surface area contributed by atoms with Crippen molar-refractivity contribution in [2.45, 2.75) is 26.7 Å². The third-order valence-corrected chi connectivity index (χ3v) is 4.91. The highest BCUT2D eigenvalue weighted by atomic mass is 16.5. The van der Waals surface area contributed by atoms with E-state index in [1.165, 1.54) is 23.7 Å². The molecule has 2 heterocycles. The van der Waals surface area contributed by atoms with E-state index in [2.05, 4.69) is 26.8 Å². The Morgan fingerprint density at radius 2 is 1.81 bits per heavy atom. The molecule has 1 saturated heterocycles. The number of carbonyl (C=O) groups is 2. The molecule has 0 aliphatic carbocycles. The fourth-order valence-corrected chi connectivity index (χ4v) is 3.35. The van der Waals surface area contributed by atoms with E-state index in [9.17, 15) is 9.59 Å². The first-order chi connectivity index (χ1) is 13.0. The molecule has 0 atom stereocenters. The van der Waals surface area contributed by atoms with Gasteiger partial charge in [0.15, 0.2) is 6.61 Å². The van der Waals surface area contributed by atoms with Gasteiger partial charge >= 0.3 is 0 Å². The number of furan rings is 1. The fraction of sp³-hybridized carbons (Fsp3) is 0.429. The number of rotatable bonds is 5. The summed E-state index contributed by atoms with van der Waals surface area (Å²) >= 11 is 0. The van der Waals surface area contributed by atoms with Gasteiger partial charge in [0.25, 0.3) is 11.8 Å². The van der Waals surface area contributed by atoms with Crippen molar-refractivity contribution in [2.24, 2.45) is 0 Å². The van der Waals surface area contributed by atoms with Gasteiger partial charge in [0.2, 0.25) is 0 Å². The number of piperazine rings is 1. The molecule has 2 amide bonds. The minimum Gasteiger partial charge on any atom is -0.484 e. The van der Waals surface area contributed by atoms with E-state index >= 15 is 0 Å². The van der Waals surface area contributed by atoms with Gasteiger partial charge < -0.3 is 19.0 Å². The molecular formula is C21H26N2O4. The molecule has 6 nitrogen and oxygen atoms in total. The molecule has 6 heteroatoms. The lowest BCUT2D eigenvalue weighted by Crippen LogP contribution is -2.51. The van der Waals surface area contributed by atoms with Gasteiger partial charge in [-0.3, -0.25) is 9.59 Å². The summed E-state index contributed by atoms with van der Waals surface area (Å²) in [4.78, 5) is 28.2. The molecule has 27 heavy (non-hydrogen) atoms. The Morgan fingerprint density at radius 3 is 2.41 bits per heavy atom. The Morgan fingerprint density at radius 1 is 1.11 bits per heavy atom. The molecular weight excluding hydrogens is 344 g/mol. The lowest BCUT2D eigenvalue weighted by atomic mass is 9.98. The van der Waals surface area contributed by atoms with Gasteiger partial charge in [-0.15, -0.1) is 0 Å². The highest BCUT2D eigenvalue weighted by Gasteiger charge is 2.25. The van der Waals surface area contributed by atoms with E-state index in [0.29, 0.717) is 43.4 Å². The summed E-state index contributed by atoms with van der Waals surface area (Å²) < 4.78 is 10.6. The summed E-state index contributed by atoms with van der Waals surface area (Å²) in [6.07, 6.45) is 2.93. The van der Waals surface area contributed by atoms with Crippen molar-refractivity contribution in [3.8, 4) is 5.75 Å². The Bertz CT molecular complexity index is 791. The maximum atomic E-state index is 12.4. The summed E-state index contributed by atoms with van der Waals surface area (Å²) in [6.45, 7) is 8.42. The van der Waals surface area contributed by atoms with Gasteiger partial charge in [-0.25, -0.2) is 0 Å². The standard InChI is InChI=1S/C21H26N2O4/c1-15(2)19-5-4-18(12-16(19)3)27-14-20(24)22-7-9-23(10-8-22)21(25)17-6-11-26-13-17/h4-6,11-13,15H,7-10,14H2,1-3H3. The number of benzene rings is 1. The summed E-state index contributed by atoms with van der Waals surface area (Å²) in [7, 11) is 0. The van der Waals surface area contributed by atoms with Crippen molar-refractivity contribution < 1.29 is 18.7 Å². The van der Waals surface area contributed by atoms with Crippen LogP contribution in [0.5, 0.6) is 5.75 Å². The first-order valence-corrected chi connectivity index (χ1v) is 9.28. The van der Waals surface area contributed by atoms with Gasteiger partial charge in [-0.05, 0) is 42.2 Å². The van der Waals surface area contributed by atoms with Crippen LogP contribution in [0, 0.1) is 6.92 Å². The Balaban J connectivity index is 1.48. The number of aryl methyl sites for hydroxylation is 1. The zero-order chi connectivity index (χ0) is 19.4. The van der Waals surface area contributed by atoms with E-state index in [1.807, 2.05) is 12.1 Å². The van der Waals surface area contributed by atoms with Crippen LogP contribution in [0.3, 0.4) is 0 Å². The first-order valence-electron chi connectivity index (χ1n) is 9.28. The third kappa shape index (κ3) is 4.51. The summed E-state index contributed by atoms with van der Waals surface area (Å²) in [5, 5.41) is 0. The number of nitrogens with zero attached hydrogens (tertiary/aromatic N) is 2. The molecule has 3 rings (SSSR count). The molecule has 0 unspecified atom stereocenters. The van der Waals surface area contributed by atoms with Crippen molar-refractivity contribution in [2.75, 3.05) is 32.8 Å². The molecule has 144 valence electrons. The van der Waals surface area contributed by atoms with Crippen molar-refractivity contribution in [1.82, 2.24) is 9.80 Å². The Hall–Kier alpha value is -2.76. The van der Waals surface area contributed by atoms with Gasteiger partial charge in [0.05, 0.1) is 11.8 Å². The number of amides is 2. The van der Waals surface area contributed by atoms with Gasteiger partial charge in [0.1, 0.15) is 12.0 Å². The zero-order valence-corrected chi connectivity index (χ0v) is 16.1. The van der Waals surface area contributed by atoms with E-state index in [4.69, 9.17) is 9.15 Å². The molecule has 0 saturated carbocycles. The van der Waals surface area contributed by atoms with Crippen molar-refractivity contribution in [3.05, 3.63) is 53.5 Å². The molecule has 1 fully saturated rings. The molecule has 0 bridgehead atoms. The summed E-state index contributed by atoms with van der Waals surface area (Å²) in [5.41, 5.74) is 2.99. The average Bonchev–Trinajstić information content (AvgIpc) is 3.20. The van der Waals surface area contributed by atoms with Crippen molar-refractivity contribution in [1.29, 1.82) is 0 Å². The minimum atomic E-state index is -0.0622. The van der Waals surface area contributed by atoms with Crippen LogP contribution >= 0.6 is 0 Å². The van der Waals surface area contributed by atoms with Crippen LogP contribution in [0.4, 0.5) is 0 Å². The van der Waals surface area contributed by atoms with E-state index in [1.54, 1.807) is 15.9 Å². The monoisotopic (exact) mass is 370 g/mol. The lowest BCUT2D eigenvalue weighted by molar-refractivity contribution is -0.134. The van der Waals surface area contributed by atoms with Crippen LogP contribution in [0.15, 0.2) is 41.2 Å². The summed E-state index contributed by atoms with van der Waals surface area (Å²) in [5.74, 6) is 1.05. The maximum absolute atomic E-state index is 12.4. The van der Waals surface area contributed by atoms with Crippen LogP contribution in [-0.2, 0) is 4.79 Å². The number of carbonyl (C=O) groups excluding carboxylic acids is 2. The first kappa shape index (κ1) is 19.0. The van der Waals surface area contributed by atoms with E-state index < -0.39 is 0 Å². The maximum Gasteiger partial charge on any atom is 0.260 e.